The minimum Gasteiger partial charge on any atom is -0.496 e. The lowest BCUT2D eigenvalue weighted by Gasteiger charge is -2.17. The Hall–Kier alpha value is -2.21. The summed E-state index contributed by atoms with van der Waals surface area (Å²) in [6.45, 7) is 5.49. The van der Waals surface area contributed by atoms with Crippen LogP contribution in [0.25, 0.3) is 0 Å². The molecule has 2 rings (SSSR count). The topological polar surface area (TPSA) is 153 Å². The van der Waals surface area contributed by atoms with E-state index in [1.54, 1.807) is 45.5 Å². The normalized spacial score (nSPS) is 14.4. The number of guanidine groups is 1. The summed E-state index contributed by atoms with van der Waals surface area (Å²) in [4.78, 5) is 8.28. The van der Waals surface area contributed by atoms with Crippen molar-refractivity contribution in [3.8, 4) is 5.75 Å². The van der Waals surface area contributed by atoms with E-state index < -0.39 is 22.2 Å². The minimum absolute atomic E-state index is 0.160. The summed E-state index contributed by atoms with van der Waals surface area (Å²) in [5.41, 5.74) is 13.7. The highest BCUT2D eigenvalue weighted by molar-refractivity contribution is 7.90. The third-order valence-electron chi connectivity index (χ3n) is 4.79. The van der Waals surface area contributed by atoms with Crippen molar-refractivity contribution < 1.29 is 18.3 Å². The van der Waals surface area contributed by atoms with Crippen molar-refractivity contribution >= 4 is 27.3 Å². The molecule has 0 saturated heterocycles. The average Bonchev–Trinajstić information content (AvgIpc) is 3.21. The van der Waals surface area contributed by atoms with Gasteiger partial charge in [0, 0.05) is 24.2 Å². The van der Waals surface area contributed by atoms with Crippen molar-refractivity contribution in [1.29, 1.82) is 0 Å². The van der Waals surface area contributed by atoms with Crippen molar-refractivity contribution in [2.24, 2.45) is 16.5 Å². The first-order chi connectivity index (χ1) is 14.1. The fourth-order valence-electron chi connectivity index (χ4n) is 3.12. The summed E-state index contributed by atoms with van der Waals surface area (Å²) >= 11 is 1.34. The maximum atomic E-state index is 12.8. The molecule has 0 saturated carbocycles. The number of hydrogen-bond donors (Lipinski definition) is 4. The molecule has 0 radical (unpaired) electrons. The van der Waals surface area contributed by atoms with Crippen molar-refractivity contribution in [2.45, 2.75) is 50.7 Å². The van der Waals surface area contributed by atoms with Crippen molar-refractivity contribution in [1.82, 2.24) is 9.71 Å². The van der Waals surface area contributed by atoms with Crippen molar-refractivity contribution in [3.05, 3.63) is 39.3 Å². The molecular formula is C19H29N5O4S2. The summed E-state index contributed by atoms with van der Waals surface area (Å²) in [5.74, 6) is 0.429. The van der Waals surface area contributed by atoms with Crippen LogP contribution in [0.1, 0.15) is 40.6 Å². The Labute approximate surface area is 181 Å². The third-order valence-corrected chi connectivity index (χ3v) is 7.28. The zero-order valence-corrected chi connectivity index (χ0v) is 19.2. The van der Waals surface area contributed by atoms with Crippen molar-refractivity contribution in [2.75, 3.05) is 13.7 Å². The van der Waals surface area contributed by atoms with Gasteiger partial charge >= 0.3 is 0 Å². The van der Waals surface area contributed by atoms with E-state index >= 15 is 0 Å². The van der Waals surface area contributed by atoms with Crippen molar-refractivity contribution in [3.63, 3.8) is 0 Å². The Morgan fingerprint density at radius 2 is 2.07 bits per heavy atom. The Morgan fingerprint density at radius 3 is 2.67 bits per heavy atom. The number of benzene rings is 1. The largest absolute Gasteiger partial charge is 0.496 e. The van der Waals surface area contributed by atoms with Gasteiger partial charge in [0.25, 0.3) is 10.0 Å². The summed E-state index contributed by atoms with van der Waals surface area (Å²) in [6.07, 6.45) is 1.79. The number of methoxy groups -OCH3 is 1. The van der Waals surface area contributed by atoms with Crippen LogP contribution in [0.2, 0.25) is 0 Å². The van der Waals surface area contributed by atoms with E-state index in [9.17, 15) is 13.5 Å². The predicted octanol–water partition coefficient (Wildman–Crippen LogP) is 1.51. The van der Waals surface area contributed by atoms with Crippen LogP contribution in [0.5, 0.6) is 5.75 Å². The number of aryl methyl sites for hydroxylation is 1. The molecule has 0 fully saturated rings. The first-order valence-corrected chi connectivity index (χ1v) is 11.7. The molecule has 1 aromatic carbocycles. The van der Waals surface area contributed by atoms with Gasteiger partial charge in [-0.15, -0.1) is 11.3 Å². The molecular weight excluding hydrogens is 426 g/mol. The molecule has 2 unspecified atom stereocenters. The predicted molar refractivity (Wildman–Crippen MR) is 118 cm³/mol. The standard InChI is InChI=1S/C19H29N5O4S2/c1-11-10-15(28-4)12(2)13(3)17(11)30(26,27)24-19(21)23-7-5-6-14(20)16(25)18-22-8-9-29-18/h8-10,14,16,25H,5-7,20H2,1-4H3,(H3,21,23,24). The van der Waals surface area contributed by atoms with Gasteiger partial charge in [-0.3, -0.25) is 4.99 Å². The van der Waals surface area contributed by atoms with E-state index in [2.05, 4.69) is 14.7 Å². The van der Waals surface area contributed by atoms with Crippen LogP contribution >= 0.6 is 11.3 Å². The number of aliphatic hydroxyl groups is 1. The van der Waals surface area contributed by atoms with Gasteiger partial charge < -0.3 is 21.3 Å². The lowest BCUT2D eigenvalue weighted by molar-refractivity contribution is 0.141. The number of hydrogen-bond acceptors (Lipinski definition) is 8. The Morgan fingerprint density at radius 1 is 1.37 bits per heavy atom. The molecule has 11 heteroatoms. The molecule has 0 bridgehead atoms. The van der Waals surface area contributed by atoms with Crippen LogP contribution in [0, 0.1) is 20.8 Å². The van der Waals surface area contributed by atoms with Gasteiger partial charge in [0.05, 0.1) is 12.0 Å². The molecule has 0 aliphatic heterocycles. The second kappa shape index (κ2) is 10.2. The maximum Gasteiger partial charge on any atom is 0.264 e. The van der Waals surface area contributed by atoms with Gasteiger partial charge in [0.15, 0.2) is 0 Å². The SMILES string of the molecule is COc1cc(C)c(S(=O)(=O)NC(N)=NCCCC(N)C(O)c2nccs2)c(C)c1C. The first-order valence-electron chi connectivity index (χ1n) is 9.39. The first kappa shape index (κ1) is 24.1. The highest BCUT2D eigenvalue weighted by Crippen LogP contribution is 2.30. The number of ether oxygens (including phenoxy) is 1. The second-order valence-electron chi connectivity index (χ2n) is 6.97. The molecule has 0 spiro atoms. The van der Waals surface area contributed by atoms with E-state index in [4.69, 9.17) is 16.2 Å². The van der Waals surface area contributed by atoms with Gasteiger partial charge in [-0.25, -0.2) is 18.1 Å². The summed E-state index contributed by atoms with van der Waals surface area (Å²) in [6, 6.07) is 1.19. The van der Waals surface area contributed by atoms with E-state index in [1.807, 2.05) is 0 Å². The number of nitrogens with one attached hydrogen (secondary N) is 1. The van der Waals surface area contributed by atoms with Crippen LogP contribution in [0.4, 0.5) is 0 Å². The summed E-state index contributed by atoms with van der Waals surface area (Å²) in [5, 5.41) is 12.5. The van der Waals surface area contributed by atoms with Crippen LogP contribution < -0.4 is 20.9 Å². The summed E-state index contributed by atoms with van der Waals surface area (Å²) in [7, 11) is -2.36. The van der Waals surface area contributed by atoms with E-state index in [1.165, 1.54) is 11.3 Å². The van der Waals surface area contributed by atoms with Crippen LogP contribution in [-0.4, -0.2) is 44.2 Å². The van der Waals surface area contributed by atoms with Crippen LogP contribution in [-0.2, 0) is 10.0 Å². The fraction of sp³-hybridized carbons (Fsp3) is 0.474. The second-order valence-corrected chi connectivity index (χ2v) is 9.51. The lowest BCUT2D eigenvalue weighted by Crippen LogP contribution is -2.37. The molecule has 6 N–H and O–H groups in total. The number of aromatic nitrogens is 1. The number of nitrogens with two attached hydrogens (primary N) is 2. The highest BCUT2D eigenvalue weighted by Gasteiger charge is 2.23. The zero-order valence-electron chi connectivity index (χ0n) is 17.5. The fourth-order valence-corrected chi connectivity index (χ4v) is 5.29. The molecule has 166 valence electrons. The van der Waals surface area contributed by atoms with Crippen LogP contribution in [0.15, 0.2) is 27.5 Å². The van der Waals surface area contributed by atoms with E-state index in [-0.39, 0.29) is 17.4 Å². The average molecular weight is 456 g/mol. The van der Waals surface area contributed by atoms with Crippen LogP contribution in [0.3, 0.4) is 0 Å². The van der Waals surface area contributed by atoms with E-state index in [0.29, 0.717) is 34.7 Å². The number of sulfonamides is 1. The quantitative estimate of drug-likeness (QED) is 0.254. The number of aliphatic imine (C=N–C) groups is 1. The number of nitrogens with zero attached hydrogens (tertiary/aromatic N) is 2. The number of thiazole rings is 1. The van der Waals surface area contributed by atoms with Gasteiger partial charge in [0.2, 0.25) is 5.96 Å². The molecule has 30 heavy (non-hydrogen) atoms. The zero-order chi connectivity index (χ0) is 22.5. The third kappa shape index (κ3) is 5.69. The van der Waals surface area contributed by atoms with Gasteiger partial charge in [-0.2, -0.15) is 0 Å². The molecule has 1 aromatic heterocycles. The smallest absolute Gasteiger partial charge is 0.264 e. The summed E-state index contributed by atoms with van der Waals surface area (Å²) < 4.78 is 33.3. The lowest BCUT2D eigenvalue weighted by atomic mass is 10.1. The molecule has 0 amide bonds. The van der Waals surface area contributed by atoms with Gasteiger partial charge in [0.1, 0.15) is 16.9 Å². The maximum absolute atomic E-state index is 12.8. The molecule has 2 atom stereocenters. The molecule has 2 aromatic rings. The van der Waals surface area contributed by atoms with E-state index in [0.717, 1.165) is 5.56 Å². The highest BCUT2D eigenvalue weighted by atomic mass is 32.2. The Kier molecular flexibility index (Phi) is 8.18. The monoisotopic (exact) mass is 455 g/mol. The van der Waals surface area contributed by atoms with Gasteiger partial charge in [-0.1, -0.05) is 0 Å². The minimum atomic E-state index is -3.90. The number of aliphatic hydroxyl groups excluding tert-OH is 1. The number of rotatable bonds is 9. The molecule has 1 heterocycles. The Balaban J connectivity index is 1.99. The van der Waals surface area contributed by atoms with Gasteiger partial charge in [-0.05, 0) is 56.4 Å². The molecule has 0 aliphatic rings. The molecule has 0 aliphatic carbocycles. The molecule has 9 nitrogen and oxygen atoms in total. The Bertz CT molecular complexity index is 991.